The fraction of sp³-hybridized carbons (Fsp3) is 0.636. The number of carbonyl (C=O) groups excluding carboxylic acids is 1. The summed E-state index contributed by atoms with van der Waals surface area (Å²) in [7, 11) is 1.75. The fourth-order valence-corrected chi connectivity index (χ4v) is 3.84. The number of aliphatic imine (C=N–C) groups is 1. The molecule has 1 saturated carbocycles. The Labute approximate surface area is 173 Å². The van der Waals surface area contributed by atoms with Gasteiger partial charge in [-0.1, -0.05) is 25.0 Å². The summed E-state index contributed by atoms with van der Waals surface area (Å²) in [5.41, 5.74) is 0.952. The molecule has 0 unspecified atom stereocenters. The van der Waals surface area contributed by atoms with Gasteiger partial charge in [-0.15, -0.1) is 0 Å². The van der Waals surface area contributed by atoms with Gasteiger partial charge in [-0.3, -0.25) is 9.79 Å². The van der Waals surface area contributed by atoms with Crippen molar-refractivity contribution in [1.29, 1.82) is 0 Å². The van der Waals surface area contributed by atoms with Gasteiger partial charge in [0, 0.05) is 39.9 Å². The minimum atomic E-state index is -0.326. The molecule has 0 heterocycles. The third-order valence-corrected chi connectivity index (χ3v) is 5.49. The number of halogens is 1. The molecule has 1 aliphatic carbocycles. The highest BCUT2D eigenvalue weighted by molar-refractivity contribution is 5.80. The lowest BCUT2D eigenvalue weighted by molar-refractivity contribution is -0.120. The van der Waals surface area contributed by atoms with E-state index in [0.29, 0.717) is 18.7 Å². The van der Waals surface area contributed by atoms with Gasteiger partial charge in [-0.05, 0) is 49.3 Å². The van der Waals surface area contributed by atoms with E-state index in [1.807, 2.05) is 6.92 Å². The largest absolute Gasteiger partial charge is 0.382 e. The van der Waals surface area contributed by atoms with Crippen molar-refractivity contribution in [3.8, 4) is 0 Å². The molecule has 0 radical (unpaired) electrons. The van der Waals surface area contributed by atoms with E-state index in [0.717, 1.165) is 32.1 Å². The normalized spacial score (nSPS) is 15.9. The topological polar surface area (TPSA) is 74.8 Å². The van der Waals surface area contributed by atoms with E-state index < -0.39 is 0 Å². The van der Waals surface area contributed by atoms with Crippen LogP contribution < -0.4 is 16.0 Å². The zero-order chi connectivity index (χ0) is 21.0. The highest BCUT2D eigenvalue weighted by Crippen LogP contribution is 2.40. The van der Waals surface area contributed by atoms with E-state index in [1.54, 1.807) is 19.2 Å². The second-order valence-corrected chi connectivity index (χ2v) is 7.66. The Morgan fingerprint density at radius 3 is 2.66 bits per heavy atom. The van der Waals surface area contributed by atoms with Crippen LogP contribution in [-0.2, 0) is 16.0 Å². The van der Waals surface area contributed by atoms with Crippen molar-refractivity contribution < 1.29 is 13.9 Å². The van der Waals surface area contributed by atoms with Crippen molar-refractivity contribution in [1.82, 2.24) is 16.0 Å². The van der Waals surface area contributed by atoms with Crippen LogP contribution in [0.3, 0.4) is 0 Å². The smallest absolute Gasteiger partial charge is 0.224 e. The van der Waals surface area contributed by atoms with Gasteiger partial charge in [-0.2, -0.15) is 0 Å². The molecular weight excluding hydrogens is 371 g/mol. The minimum Gasteiger partial charge on any atom is -0.382 e. The van der Waals surface area contributed by atoms with E-state index in [-0.39, 0.29) is 23.6 Å². The summed E-state index contributed by atoms with van der Waals surface area (Å²) in [6.07, 6.45) is 6.24. The molecule has 29 heavy (non-hydrogen) atoms. The summed E-state index contributed by atoms with van der Waals surface area (Å²) in [6, 6.07) is 6.11. The standard InChI is InChI=1S/C22H35FN4O2/c1-3-29-14-11-22(9-4-5-10-22)17-27-21(24-2)26-13-12-25-20(28)16-18-7-6-8-19(23)15-18/h6-8,15H,3-5,9-14,16-17H2,1-2H3,(H,25,28)(H2,24,26,27). The van der Waals surface area contributed by atoms with Gasteiger partial charge in [0.25, 0.3) is 0 Å². The highest BCUT2D eigenvalue weighted by atomic mass is 19.1. The summed E-state index contributed by atoms with van der Waals surface area (Å²) >= 11 is 0. The monoisotopic (exact) mass is 406 g/mol. The number of amides is 1. The number of carbonyl (C=O) groups is 1. The van der Waals surface area contributed by atoms with Gasteiger partial charge in [0.2, 0.25) is 5.91 Å². The maximum Gasteiger partial charge on any atom is 0.224 e. The third-order valence-electron chi connectivity index (χ3n) is 5.49. The Morgan fingerprint density at radius 2 is 1.97 bits per heavy atom. The molecule has 162 valence electrons. The molecule has 0 aliphatic heterocycles. The molecule has 0 saturated heterocycles. The molecule has 1 amide bonds. The maximum absolute atomic E-state index is 13.2. The number of hydrogen-bond acceptors (Lipinski definition) is 3. The first-order valence-corrected chi connectivity index (χ1v) is 10.6. The summed E-state index contributed by atoms with van der Waals surface area (Å²) in [6.45, 7) is 5.53. The number of hydrogen-bond donors (Lipinski definition) is 3. The predicted molar refractivity (Wildman–Crippen MR) is 114 cm³/mol. The zero-order valence-corrected chi connectivity index (χ0v) is 17.7. The molecule has 6 nitrogen and oxygen atoms in total. The molecule has 1 aromatic rings. The molecule has 3 N–H and O–H groups in total. The van der Waals surface area contributed by atoms with E-state index in [9.17, 15) is 9.18 Å². The first-order chi connectivity index (χ1) is 14.1. The van der Waals surface area contributed by atoms with Crippen LogP contribution in [-0.4, -0.2) is 51.8 Å². The first-order valence-electron chi connectivity index (χ1n) is 10.6. The van der Waals surface area contributed by atoms with Crippen LogP contribution in [0.4, 0.5) is 4.39 Å². The Bertz CT molecular complexity index is 660. The lowest BCUT2D eigenvalue weighted by Gasteiger charge is -2.30. The van der Waals surface area contributed by atoms with E-state index in [4.69, 9.17) is 4.74 Å². The number of nitrogens with one attached hydrogen (secondary N) is 3. The predicted octanol–water partition coefficient (Wildman–Crippen LogP) is 2.64. The van der Waals surface area contributed by atoms with Crippen molar-refractivity contribution in [2.45, 2.75) is 45.4 Å². The summed E-state index contributed by atoms with van der Waals surface area (Å²) in [5.74, 6) is 0.293. The second-order valence-electron chi connectivity index (χ2n) is 7.66. The summed E-state index contributed by atoms with van der Waals surface area (Å²) in [5, 5.41) is 9.53. The Hall–Kier alpha value is -2.15. The fourth-order valence-electron chi connectivity index (χ4n) is 3.84. The van der Waals surface area contributed by atoms with Crippen LogP contribution in [0.5, 0.6) is 0 Å². The van der Waals surface area contributed by atoms with Gasteiger partial charge in [0.15, 0.2) is 5.96 Å². The van der Waals surface area contributed by atoms with Crippen molar-refractivity contribution in [2.24, 2.45) is 10.4 Å². The van der Waals surface area contributed by atoms with Crippen LogP contribution >= 0.6 is 0 Å². The van der Waals surface area contributed by atoms with Crippen molar-refractivity contribution in [3.05, 3.63) is 35.6 Å². The van der Waals surface area contributed by atoms with Gasteiger partial charge < -0.3 is 20.7 Å². The number of rotatable bonds is 11. The Balaban J connectivity index is 1.67. The van der Waals surface area contributed by atoms with E-state index >= 15 is 0 Å². The van der Waals surface area contributed by atoms with Crippen LogP contribution in [0.1, 0.15) is 44.6 Å². The average molecular weight is 407 g/mol. The molecular formula is C22H35FN4O2. The molecule has 1 aromatic carbocycles. The molecule has 0 aromatic heterocycles. The number of nitrogens with zero attached hydrogens (tertiary/aromatic N) is 1. The molecule has 0 bridgehead atoms. The maximum atomic E-state index is 13.2. The molecule has 7 heteroatoms. The highest BCUT2D eigenvalue weighted by Gasteiger charge is 2.33. The SMILES string of the molecule is CCOCCC1(CNC(=NC)NCCNC(=O)Cc2cccc(F)c2)CCCC1. The number of ether oxygens (including phenoxy) is 1. The van der Waals surface area contributed by atoms with Crippen LogP contribution in [0.15, 0.2) is 29.3 Å². The van der Waals surface area contributed by atoms with Crippen LogP contribution in [0, 0.1) is 11.2 Å². The lowest BCUT2D eigenvalue weighted by atomic mass is 9.83. The minimum absolute atomic E-state index is 0.124. The molecule has 1 aliphatic rings. The van der Waals surface area contributed by atoms with E-state index in [2.05, 4.69) is 20.9 Å². The number of benzene rings is 1. The molecule has 0 spiro atoms. The van der Waals surface area contributed by atoms with Gasteiger partial charge >= 0.3 is 0 Å². The molecule has 0 atom stereocenters. The van der Waals surface area contributed by atoms with Gasteiger partial charge in [-0.25, -0.2) is 4.39 Å². The quantitative estimate of drug-likeness (QED) is 0.300. The van der Waals surface area contributed by atoms with Crippen LogP contribution in [0.25, 0.3) is 0 Å². The Kier molecular flexibility index (Phi) is 9.91. The second kappa shape index (κ2) is 12.4. The van der Waals surface area contributed by atoms with Crippen molar-refractivity contribution >= 4 is 11.9 Å². The summed E-state index contributed by atoms with van der Waals surface area (Å²) < 4.78 is 18.8. The van der Waals surface area contributed by atoms with Crippen molar-refractivity contribution in [2.75, 3.05) is 39.9 Å². The van der Waals surface area contributed by atoms with Gasteiger partial charge in [0.05, 0.1) is 6.42 Å². The average Bonchev–Trinajstić information content (AvgIpc) is 3.17. The summed E-state index contributed by atoms with van der Waals surface area (Å²) in [4.78, 5) is 16.3. The Morgan fingerprint density at radius 1 is 1.21 bits per heavy atom. The van der Waals surface area contributed by atoms with Gasteiger partial charge in [0.1, 0.15) is 5.82 Å². The van der Waals surface area contributed by atoms with Crippen LogP contribution in [0.2, 0.25) is 0 Å². The first kappa shape index (κ1) is 23.1. The zero-order valence-electron chi connectivity index (χ0n) is 17.7. The number of guanidine groups is 1. The third kappa shape index (κ3) is 8.40. The van der Waals surface area contributed by atoms with E-state index in [1.165, 1.54) is 37.8 Å². The van der Waals surface area contributed by atoms with Crippen molar-refractivity contribution in [3.63, 3.8) is 0 Å². The molecule has 2 rings (SSSR count). The molecule has 1 fully saturated rings. The lowest BCUT2D eigenvalue weighted by Crippen LogP contribution is -2.45.